The quantitative estimate of drug-likeness (QED) is 0.886. The topological polar surface area (TPSA) is 55.1 Å². The molecule has 0 amide bonds. The van der Waals surface area contributed by atoms with E-state index in [2.05, 4.69) is 5.10 Å². The second kappa shape index (κ2) is 3.85. The number of allylic oxidation sites excluding steroid dienone is 1. The van der Waals surface area contributed by atoms with Crippen molar-refractivity contribution in [1.29, 1.82) is 0 Å². The van der Waals surface area contributed by atoms with E-state index in [0.717, 1.165) is 29.1 Å². The van der Waals surface area contributed by atoms with E-state index in [9.17, 15) is 4.79 Å². The number of rotatable bonds is 2. The number of nitrogens with zero attached hydrogens (tertiary/aromatic N) is 2. The smallest absolute Gasteiger partial charge is 0.357 e. The first-order chi connectivity index (χ1) is 8.27. The fourth-order valence-electron chi connectivity index (χ4n) is 2.03. The molecule has 5 heteroatoms. The molecule has 0 saturated carbocycles. The number of aromatic nitrogens is 2. The van der Waals surface area contributed by atoms with Crippen LogP contribution in [0.2, 0.25) is 0 Å². The van der Waals surface area contributed by atoms with Crippen LogP contribution in [0.1, 0.15) is 28.2 Å². The van der Waals surface area contributed by atoms with E-state index in [4.69, 9.17) is 5.11 Å². The zero-order valence-corrected chi connectivity index (χ0v) is 9.78. The maximum Gasteiger partial charge on any atom is 0.357 e. The first kappa shape index (κ1) is 10.3. The van der Waals surface area contributed by atoms with Crippen LogP contribution in [0.25, 0.3) is 11.1 Å². The molecule has 0 radical (unpaired) electrons. The number of hydrogen-bond acceptors (Lipinski definition) is 3. The minimum atomic E-state index is -0.969. The molecule has 86 valence electrons. The highest BCUT2D eigenvalue weighted by molar-refractivity contribution is 7.12. The maximum absolute atomic E-state index is 11.1. The highest BCUT2D eigenvalue weighted by Crippen LogP contribution is 2.27. The third-order valence-corrected chi connectivity index (χ3v) is 3.62. The highest BCUT2D eigenvalue weighted by atomic mass is 32.1. The van der Waals surface area contributed by atoms with Gasteiger partial charge in [-0.3, -0.25) is 0 Å². The average Bonchev–Trinajstić information content (AvgIpc) is 2.95. The molecular formula is C12H10N2O2S. The van der Waals surface area contributed by atoms with Crippen LogP contribution in [0.5, 0.6) is 0 Å². The molecule has 0 fully saturated rings. The van der Waals surface area contributed by atoms with Gasteiger partial charge in [0.15, 0.2) is 5.69 Å². The fraction of sp³-hybridized carbons (Fsp3) is 0.167. The Morgan fingerprint density at radius 1 is 1.53 bits per heavy atom. The van der Waals surface area contributed by atoms with Gasteiger partial charge in [0.05, 0.1) is 5.69 Å². The summed E-state index contributed by atoms with van der Waals surface area (Å²) in [5, 5.41) is 16.3. The fourth-order valence-corrected chi connectivity index (χ4v) is 2.74. The van der Waals surface area contributed by atoms with Gasteiger partial charge in [0, 0.05) is 5.56 Å². The summed E-state index contributed by atoms with van der Waals surface area (Å²) in [4.78, 5) is 11.1. The van der Waals surface area contributed by atoms with Crippen LogP contribution >= 0.6 is 11.3 Å². The Morgan fingerprint density at radius 3 is 3.12 bits per heavy atom. The van der Waals surface area contributed by atoms with Crippen LogP contribution in [0.15, 0.2) is 23.6 Å². The van der Waals surface area contributed by atoms with Crippen molar-refractivity contribution in [1.82, 2.24) is 9.78 Å². The van der Waals surface area contributed by atoms with Crippen LogP contribution in [-0.2, 0) is 6.42 Å². The molecule has 3 rings (SSSR count). The molecule has 0 saturated heterocycles. The Morgan fingerprint density at radius 2 is 2.41 bits per heavy atom. The van der Waals surface area contributed by atoms with Gasteiger partial charge in [0.2, 0.25) is 0 Å². The Hall–Kier alpha value is -1.88. The van der Waals surface area contributed by atoms with Crippen molar-refractivity contribution in [2.45, 2.75) is 12.8 Å². The number of fused-ring (bicyclic) bond motifs is 1. The van der Waals surface area contributed by atoms with E-state index in [1.54, 1.807) is 16.0 Å². The summed E-state index contributed by atoms with van der Waals surface area (Å²) in [5.41, 5.74) is 1.88. The summed E-state index contributed by atoms with van der Waals surface area (Å²) in [5.74, 6) is -0.969. The predicted molar refractivity (Wildman–Crippen MR) is 65.8 cm³/mol. The van der Waals surface area contributed by atoms with Gasteiger partial charge in [-0.1, -0.05) is 12.2 Å². The average molecular weight is 246 g/mol. The molecule has 0 aliphatic heterocycles. The summed E-state index contributed by atoms with van der Waals surface area (Å²) in [7, 11) is 0. The summed E-state index contributed by atoms with van der Waals surface area (Å²) in [6, 6.07) is 3.88. The molecular weight excluding hydrogens is 236 g/mol. The van der Waals surface area contributed by atoms with Crippen LogP contribution in [0, 0.1) is 0 Å². The first-order valence-electron chi connectivity index (χ1n) is 5.33. The van der Waals surface area contributed by atoms with E-state index in [0.29, 0.717) is 0 Å². The van der Waals surface area contributed by atoms with Crippen LogP contribution in [0.3, 0.4) is 0 Å². The van der Waals surface area contributed by atoms with E-state index < -0.39 is 5.97 Å². The van der Waals surface area contributed by atoms with E-state index in [1.807, 2.05) is 29.7 Å². The first-order valence-corrected chi connectivity index (χ1v) is 6.21. The predicted octanol–water partition coefficient (Wildman–Crippen LogP) is 2.59. The molecule has 0 aromatic carbocycles. The zero-order chi connectivity index (χ0) is 11.8. The third-order valence-electron chi connectivity index (χ3n) is 2.77. The monoisotopic (exact) mass is 246 g/mol. The second-order valence-corrected chi connectivity index (χ2v) is 4.74. The van der Waals surface area contributed by atoms with Crippen molar-refractivity contribution in [3.8, 4) is 5.00 Å². The molecule has 2 aromatic heterocycles. The number of aromatic carboxylic acids is 1. The van der Waals surface area contributed by atoms with Crippen molar-refractivity contribution in [2.75, 3.05) is 0 Å². The van der Waals surface area contributed by atoms with Gasteiger partial charge >= 0.3 is 5.97 Å². The molecule has 17 heavy (non-hydrogen) atoms. The van der Waals surface area contributed by atoms with Gasteiger partial charge in [-0.05, 0) is 30.4 Å². The third kappa shape index (κ3) is 1.59. The lowest BCUT2D eigenvalue weighted by molar-refractivity contribution is 0.0690. The second-order valence-electron chi connectivity index (χ2n) is 3.82. The normalized spacial score (nSPS) is 13.6. The molecule has 4 nitrogen and oxygen atoms in total. The van der Waals surface area contributed by atoms with Crippen molar-refractivity contribution < 1.29 is 9.90 Å². The van der Waals surface area contributed by atoms with Crippen molar-refractivity contribution in [2.24, 2.45) is 0 Å². The lowest BCUT2D eigenvalue weighted by Gasteiger charge is -2.08. The molecule has 1 aliphatic rings. The molecule has 2 aromatic rings. The Balaban J connectivity index is 2.24. The van der Waals surface area contributed by atoms with Crippen LogP contribution < -0.4 is 0 Å². The molecule has 0 atom stereocenters. The van der Waals surface area contributed by atoms with Crippen molar-refractivity contribution >= 4 is 23.4 Å². The summed E-state index contributed by atoms with van der Waals surface area (Å²) < 4.78 is 1.76. The van der Waals surface area contributed by atoms with Gasteiger partial charge in [-0.15, -0.1) is 11.3 Å². The number of carboxylic acids is 1. The Labute approximate surface area is 102 Å². The maximum atomic E-state index is 11.1. The van der Waals surface area contributed by atoms with Crippen LogP contribution in [-0.4, -0.2) is 20.9 Å². The Kier molecular flexibility index (Phi) is 2.33. The van der Waals surface area contributed by atoms with E-state index in [-0.39, 0.29) is 5.69 Å². The number of carboxylic acid groups (broad SMARTS) is 1. The lowest BCUT2D eigenvalue weighted by Crippen LogP contribution is -2.02. The van der Waals surface area contributed by atoms with Gasteiger partial charge in [-0.2, -0.15) is 5.10 Å². The minimum absolute atomic E-state index is 0.143. The van der Waals surface area contributed by atoms with Crippen LogP contribution in [0.4, 0.5) is 0 Å². The Bertz CT molecular complexity index is 596. The minimum Gasteiger partial charge on any atom is -0.476 e. The lowest BCUT2D eigenvalue weighted by atomic mass is 10.0. The molecule has 0 bridgehead atoms. The standard InChI is InChI=1S/C12H10N2O2S/c15-12(16)11-8-4-1-2-5-9(8)14(13-11)10-6-3-7-17-10/h1,3-4,6-7H,2,5H2,(H,15,16). The van der Waals surface area contributed by atoms with Gasteiger partial charge in [0.1, 0.15) is 5.00 Å². The summed E-state index contributed by atoms with van der Waals surface area (Å²) in [6.07, 6.45) is 5.63. The van der Waals surface area contributed by atoms with Crippen molar-refractivity contribution in [3.05, 3.63) is 40.5 Å². The SMILES string of the molecule is O=C(O)c1nn(-c2cccs2)c2c1C=CCC2. The molecule has 2 heterocycles. The van der Waals surface area contributed by atoms with Crippen molar-refractivity contribution in [3.63, 3.8) is 0 Å². The van der Waals surface area contributed by atoms with E-state index >= 15 is 0 Å². The van der Waals surface area contributed by atoms with Gasteiger partial charge in [0.25, 0.3) is 0 Å². The highest BCUT2D eigenvalue weighted by Gasteiger charge is 2.23. The molecule has 1 N–H and O–H groups in total. The molecule has 0 spiro atoms. The van der Waals surface area contributed by atoms with Gasteiger partial charge in [-0.25, -0.2) is 9.48 Å². The molecule has 0 unspecified atom stereocenters. The van der Waals surface area contributed by atoms with Gasteiger partial charge < -0.3 is 5.11 Å². The zero-order valence-electron chi connectivity index (χ0n) is 8.96. The van der Waals surface area contributed by atoms with E-state index in [1.165, 1.54) is 0 Å². The largest absolute Gasteiger partial charge is 0.476 e. The summed E-state index contributed by atoms with van der Waals surface area (Å²) >= 11 is 1.56. The number of carbonyl (C=O) groups is 1. The summed E-state index contributed by atoms with van der Waals surface area (Å²) in [6.45, 7) is 0. The molecule has 1 aliphatic carbocycles. The number of thiophene rings is 1. The number of hydrogen-bond donors (Lipinski definition) is 1.